The Hall–Kier alpha value is -1.90. The largest absolute Gasteiger partial charge is 0.397 e. The van der Waals surface area contributed by atoms with E-state index in [1.807, 2.05) is 12.1 Å². The molecule has 0 radical (unpaired) electrons. The zero-order chi connectivity index (χ0) is 10.1. The van der Waals surface area contributed by atoms with Gasteiger partial charge in [-0.2, -0.15) is 0 Å². The molecule has 0 spiro atoms. The van der Waals surface area contributed by atoms with Crippen LogP contribution in [0.15, 0.2) is 30.5 Å². The van der Waals surface area contributed by atoms with Crippen LogP contribution in [-0.4, -0.2) is 10.8 Å². The summed E-state index contributed by atoms with van der Waals surface area (Å²) in [7, 11) is 0. The zero-order valence-corrected chi connectivity index (χ0v) is 7.82. The fraction of sp³-hybridized carbons (Fsp3) is 0.0909. The van der Waals surface area contributed by atoms with Crippen molar-refractivity contribution < 1.29 is 4.79 Å². The second kappa shape index (κ2) is 3.10. The highest BCUT2D eigenvalue weighted by Crippen LogP contribution is 2.21. The smallest absolute Gasteiger partial charge is 0.160 e. The first-order valence-electron chi connectivity index (χ1n) is 4.34. The Morgan fingerprint density at radius 3 is 2.86 bits per heavy atom. The van der Waals surface area contributed by atoms with Crippen molar-refractivity contribution in [3.8, 4) is 0 Å². The number of benzene rings is 1. The molecule has 14 heavy (non-hydrogen) atoms. The van der Waals surface area contributed by atoms with Gasteiger partial charge < -0.3 is 5.73 Å². The number of hydrogen-bond acceptors (Lipinski definition) is 3. The quantitative estimate of drug-likeness (QED) is 0.547. The van der Waals surface area contributed by atoms with Gasteiger partial charge in [0.1, 0.15) is 0 Å². The lowest BCUT2D eigenvalue weighted by molar-refractivity contribution is 0.101. The molecule has 0 amide bonds. The average molecular weight is 186 g/mol. The Balaban J connectivity index is 2.88. The summed E-state index contributed by atoms with van der Waals surface area (Å²) in [5.74, 6) is 0.0306. The number of para-hydroxylation sites is 1. The number of rotatable bonds is 1. The van der Waals surface area contributed by atoms with Crippen LogP contribution in [0.2, 0.25) is 0 Å². The molecular formula is C11H10N2O. The van der Waals surface area contributed by atoms with Gasteiger partial charge in [-0.1, -0.05) is 12.1 Å². The summed E-state index contributed by atoms with van der Waals surface area (Å²) in [5, 5.41) is 0.819. The molecule has 1 aromatic carbocycles. The Bertz CT molecular complexity index is 506. The minimum absolute atomic E-state index is 0.0306. The normalized spacial score (nSPS) is 10.4. The Morgan fingerprint density at radius 2 is 2.14 bits per heavy atom. The standard InChI is InChI=1S/C11H10N2O/c1-7(14)8-5-6-13-11-9(8)3-2-4-10(11)12/h2-6H,12H2,1H3. The van der Waals surface area contributed by atoms with Crippen LogP contribution in [0, 0.1) is 0 Å². The number of aromatic nitrogens is 1. The monoisotopic (exact) mass is 186 g/mol. The number of carbonyl (C=O) groups is 1. The van der Waals surface area contributed by atoms with E-state index in [4.69, 9.17) is 5.73 Å². The molecule has 1 heterocycles. The summed E-state index contributed by atoms with van der Waals surface area (Å²) in [6.07, 6.45) is 1.61. The number of nitrogens with zero attached hydrogens (tertiary/aromatic N) is 1. The lowest BCUT2D eigenvalue weighted by Gasteiger charge is -2.03. The Kier molecular flexibility index (Phi) is 1.93. The minimum Gasteiger partial charge on any atom is -0.397 e. The van der Waals surface area contributed by atoms with Crippen LogP contribution in [0.4, 0.5) is 5.69 Å². The van der Waals surface area contributed by atoms with Gasteiger partial charge in [-0.05, 0) is 19.1 Å². The van der Waals surface area contributed by atoms with Crippen molar-refractivity contribution in [1.29, 1.82) is 0 Å². The number of hydrogen-bond donors (Lipinski definition) is 1. The maximum absolute atomic E-state index is 11.3. The van der Waals surface area contributed by atoms with Crippen molar-refractivity contribution >= 4 is 22.4 Å². The highest BCUT2D eigenvalue weighted by molar-refractivity contribution is 6.08. The van der Waals surface area contributed by atoms with Crippen LogP contribution < -0.4 is 5.73 Å². The molecule has 70 valence electrons. The van der Waals surface area contributed by atoms with E-state index in [9.17, 15) is 4.79 Å². The molecule has 0 aliphatic heterocycles. The van der Waals surface area contributed by atoms with Crippen molar-refractivity contribution in [2.24, 2.45) is 0 Å². The molecule has 0 atom stereocenters. The van der Waals surface area contributed by atoms with Gasteiger partial charge in [0.05, 0.1) is 11.2 Å². The fourth-order valence-electron chi connectivity index (χ4n) is 1.51. The number of ketones is 1. The number of carbonyl (C=O) groups excluding carboxylic acids is 1. The number of pyridine rings is 1. The van der Waals surface area contributed by atoms with Crippen LogP contribution in [0.1, 0.15) is 17.3 Å². The molecule has 0 saturated carbocycles. The van der Waals surface area contributed by atoms with Crippen molar-refractivity contribution in [2.75, 3.05) is 5.73 Å². The molecule has 0 fully saturated rings. The van der Waals surface area contributed by atoms with Crippen molar-refractivity contribution in [3.05, 3.63) is 36.0 Å². The number of Topliss-reactive ketones (excluding diaryl/α,β-unsaturated/α-hetero) is 1. The van der Waals surface area contributed by atoms with Gasteiger partial charge in [0, 0.05) is 17.1 Å². The topological polar surface area (TPSA) is 56.0 Å². The van der Waals surface area contributed by atoms with Gasteiger partial charge in [-0.25, -0.2) is 0 Å². The molecule has 0 bridgehead atoms. The average Bonchev–Trinajstić information content (AvgIpc) is 2.17. The van der Waals surface area contributed by atoms with Gasteiger partial charge in [-0.3, -0.25) is 9.78 Å². The van der Waals surface area contributed by atoms with Gasteiger partial charge in [0.2, 0.25) is 0 Å². The first kappa shape index (κ1) is 8.69. The second-order valence-corrected chi connectivity index (χ2v) is 3.16. The zero-order valence-electron chi connectivity index (χ0n) is 7.82. The van der Waals surface area contributed by atoms with Crippen molar-refractivity contribution in [2.45, 2.75) is 6.92 Å². The van der Waals surface area contributed by atoms with Gasteiger partial charge in [0.25, 0.3) is 0 Å². The van der Waals surface area contributed by atoms with Crippen LogP contribution in [0.5, 0.6) is 0 Å². The van der Waals surface area contributed by atoms with Crippen LogP contribution in [0.3, 0.4) is 0 Å². The maximum atomic E-state index is 11.3. The van der Waals surface area contributed by atoms with E-state index < -0.39 is 0 Å². The van der Waals surface area contributed by atoms with Crippen LogP contribution in [-0.2, 0) is 0 Å². The van der Waals surface area contributed by atoms with Crippen LogP contribution in [0.25, 0.3) is 10.9 Å². The van der Waals surface area contributed by atoms with Crippen molar-refractivity contribution in [1.82, 2.24) is 4.98 Å². The third-order valence-electron chi connectivity index (χ3n) is 2.18. The van der Waals surface area contributed by atoms with E-state index in [2.05, 4.69) is 4.98 Å². The molecule has 3 nitrogen and oxygen atoms in total. The summed E-state index contributed by atoms with van der Waals surface area (Å²) in [5.41, 5.74) is 7.72. The molecule has 2 aromatic rings. The second-order valence-electron chi connectivity index (χ2n) is 3.16. The Morgan fingerprint density at radius 1 is 1.36 bits per heavy atom. The number of nitrogens with two attached hydrogens (primary N) is 1. The molecule has 2 N–H and O–H groups in total. The fourth-order valence-corrected chi connectivity index (χ4v) is 1.51. The molecule has 2 rings (SSSR count). The number of nitrogen functional groups attached to an aromatic ring is 1. The van der Waals surface area contributed by atoms with Gasteiger partial charge in [0.15, 0.2) is 5.78 Å². The van der Waals surface area contributed by atoms with E-state index in [0.29, 0.717) is 16.8 Å². The summed E-state index contributed by atoms with van der Waals surface area (Å²) >= 11 is 0. The summed E-state index contributed by atoms with van der Waals surface area (Å²) in [6, 6.07) is 7.17. The predicted octanol–water partition coefficient (Wildman–Crippen LogP) is 2.02. The lowest BCUT2D eigenvalue weighted by atomic mass is 10.1. The summed E-state index contributed by atoms with van der Waals surface area (Å²) in [6.45, 7) is 1.54. The van der Waals surface area contributed by atoms with E-state index in [1.165, 1.54) is 6.92 Å². The Labute approximate surface area is 81.6 Å². The van der Waals surface area contributed by atoms with Gasteiger partial charge in [-0.15, -0.1) is 0 Å². The first-order valence-corrected chi connectivity index (χ1v) is 4.34. The molecule has 0 unspecified atom stereocenters. The molecule has 0 aliphatic carbocycles. The third-order valence-corrected chi connectivity index (χ3v) is 2.18. The molecule has 1 aromatic heterocycles. The molecular weight excluding hydrogens is 176 g/mol. The highest BCUT2D eigenvalue weighted by atomic mass is 16.1. The van der Waals surface area contributed by atoms with E-state index in [-0.39, 0.29) is 5.78 Å². The molecule has 3 heteroatoms. The molecule has 0 aliphatic rings. The van der Waals surface area contributed by atoms with E-state index in [1.54, 1.807) is 18.3 Å². The van der Waals surface area contributed by atoms with Crippen molar-refractivity contribution in [3.63, 3.8) is 0 Å². The maximum Gasteiger partial charge on any atom is 0.160 e. The minimum atomic E-state index is 0.0306. The van der Waals surface area contributed by atoms with Gasteiger partial charge >= 0.3 is 0 Å². The number of fused-ring (bicyclic) bond motifs is 1. The van der Waals surface area contributed by atoms with Crippen LogP contribution >= 0.6 is 0 Å². The summed E-state index contributed by atoms with van der Waals surface area (Å²) < 4.78 is 0. The summed E-state index contributed by atoms with van der Waals surface area (Å²) in [4.78, 5) is 15.4. The highest BCUT2D eigenvalue weighted by Gasteiger charge is 2.06. The number of anilines is 1. The predicted molar refractivity (Wildman–Crippen MR) is 56.2 cm³/mol. The van der Waals surface area contributed by atoms with E-state index >= 15 is 0 Å². The first-order chi connectivity index (χ1) is 6.70. The van der Waals surface area contributed by atoms with E-state index in [0.717, 1.165) is 5.39 Å². The third kappa shape index (κ3) is 1.23. The lowest BCUT2D eigenvalue weighted by Crippen LogP contribution is -1.96. The SMILES string of the molecule is CC(=O)c1ccnc2c(N)cccc12. The molecule has 0 saturated heterocycles.